The molecule has 2 rings (SSSR count). The fraction of sp³-hybridized carbons (Fsp3) is 0.250. The van der Waals surface area contributed by atoms with E-state index < -0.39 is 14.9 Å². The molecule has 0 bridgehead atoms. The zero-order chi connectivity index (χ0) is 17.0. The molecular formula is C16H18N2O4S. The molecule has 1 N–H and O–H groups in total. The minimum Gasteiger partial charge on any atom is -0.280 e. The van der Waals surface area contributed by atoms with Crippen LogP contribution in [0, 0.1) is 10.1 Å². The molecular weight excluding hydrogens is 316 g/mol. The number of non-ortho nitro benzene ring substituents is 1. The average Bonchev–Trinajstić information content (AvgIpc) is 2.54. The predicted molar refractivity (Wildman–Crippen MR) is 89.1 cm³/mol. The smallest absolute Gasteiger partial charge is 0.270 e. The van der Waals surface area contributed by atoms with Crippen LogP contribution in [0.5, 0.6) is 0 Å². The summed E-state index contributed by atoms with van der Waals surface area (Å²) in [6.45, 7) is 4.19. The first-order chi connectivity index (χ1) is 10.8. The van der Waals surface area contributed by atoms with E-state index in [0.29, 0.717) is 11.6 Å². The van der Waals surface area contributed by atoms with Gasteiger partial charge >= 0.3 is 0 Å². The van der Waals surface area contributed by atoms with Crippen molar-refractivity contribution in [3.63, 3.8) is 0 Å². The molecule has 0 aliphatic rings. The zero-order valence-electron chi connectivity index (χ0n) is 12.9. The van der Waals surface area contributed by atoms with Gasteiger partial charge in [-0.15, -0.1) is 0 Å². The Kier molecular flexibility index (Phi) is 5.00. The molecule has 0 amide bonds. The normalized spacial score (nSPS) is 12.6. The molecule has 0 fully saturated rings. The van der Waals surface area contributed by atoms with Crippen LogP contribution in [0.4, 0.5) is 11.4 Å². The lowest BCUT2D eigenvalue weighted by Crippen LogP contribution is -2.13. The van der Waals surface area contributed by atoms with E-state index in [1.54, 1.807) is 12.1 Å². The lowest BCUT2D eigenvalue weighted by atomic mass is 9.99. The maximum atomic E-state index is 12.3. The molecule has 0 unspecified atom stereocenters. The maximum Gasteiger partial charge on any atom is 0.270 e. The second-order valence-electron chi connectivity index (χ2n) is 5.29. The molecule has 2 aromatic rings. The average molecular weight is 334 g/mol. The number of benzene rings is 2. The van der Waals surface area contributed by atoms with Crippen molar-refractivity contribution >= 4 is 21.4 Å². The Balaban J connectivity index is 2.24. The molecule has 122 valence electrons. The van der Waals surface area contributed by atoms with Gasteiger partial charge in [-0.2, -0.15) is 0 Å². The van der Waals surface area contributed by atoms with Gasteiger partial charge in [0.2, 0.25) is 0 Å². The fourth-order valence-electron chi connectivity index (χ4n) is 2.09. The number of rotatable bonds is 6. The zero-order valence-corrected chi connectivity index (χ0v) is 13.7. The Morgan fingerprint density at radius 1 is 1.17 bits per heavy atom. The summed E-state index contributed by atoms with van der Waals surface area (Å²) in [5.41, 5.74) is 1.29. The van der Waals surface area contributed by atoms with Crippen LogP contribution in [-0.4, -0.2) is 13.3 Å². The molecule has 6 nitrogen and oxygen atoms in total. The lowest BCUT2D eigenvalue weighted by molar-refractivity contribution is -0.385. The Bertz CT molecular complexity index is 801. The van der Waals surface area contributed by atoms with Crippen LogP contribution >= 0.6 is 0 Å². The number of hydrogen-bond acceptors (Lipinski definition) is 4. The van der Waals surface area contributed by atoms with Gasteiger partial charge in [-0.3, -0.25) is 14.8 Å². The van der Waals surface area contributed by atoms with Gasteiger partial charge in [-0.05, 0) is 36.1 Å². The highest BCUT2D eigenvalue weighted by molar-refractivity contribution is 7.92. The number of anilines is 1. The van der Waals surface area contributed by atoms with Gasteiger partial charge in [-0.25, -0.2) is 8.42 Å². The summed E-state index contributed by atoms with van der Waals surface area (Å²) in [5.74, 6) is 0.400. The van der Waals surface area contributed by atoms with Crippen LogP contribution in [0.1, 0.15) is 31.7 Å². The van der Waals surface area contributed by atoms with Crippen molar-refractivity contribution in [1.29, 1.82) is 0 Å². The van der Waals surface area contributed by atoms with E-state index in [1.807, 2.05) is 12.1 Å². The highest BCUT2D eigenvalue weighted by Crippen LogP contribution is 2.23. The van der Waals surface area contributed by atoms with Crippen LogP contribution in [-0.2, 0) is 10.0 Å². The number of sulfonamides is 1. The molecule has 0 heterocycles. The number of nitrogens with zero attached hydrogens (tertiary/aromatic N) is 1. The highest BCUT2D eigenvalue weighted by Gasteiger charge is 2.17. The second-order valence-corrected chi connectivity index (χ2v) is 6.97. The Hall–Kier alpha value is -2.41. The molecule has 0 spiro atoms. The van der Waals surface area contributed by atoms with Gasteiger partial charge in [0.15, 0.2) is 0 Å². The quantitative estimate of drug-likeness (QED) is 0.640. The van der Waals surface area contributed by atoms with Crippen molar-refractivity contribution in [2.75, 3.05) is 4.72 Å². The van der Waals surface area contributed by atoms with Crippen molar-refractivity contribution in [2.45, 2.75) is 31.1 Å². The predicted octanol–water partition coefficient (Wildman–Crippen LogP) is 3.91. The SMILES string of the molecule is CC[C@H](C)c1ccc(NS(=O)(=O)c2cccc([N+](=O)[O-])c2)cc1. The first-order valence-electron chi connectivity index (χ1n) is 7.20. The molecule has 1 atom stereocenters. The molecule has 0 saturated carbocycles. The Labute approximate surface area is 135 Å². The van der Waals surface area contributed by atoms with Gasteiger partial charge in [0.1, 0.15) is 0 Å². The summed E-state index contributed by atoms with van der Waals surface area (Å²) in [6.07, 6.45) is 0.999. The minimum atomic E-state index is -3.86. The third-order valence-corrected chi connectivity index (χ3v) is 5.06. The van der Waals surface area contributed by atoms with Crippen LogP contribution in [0.15, 0.2) is 53.4 Å². The summed E-state index contributed by atoms with van der Waals surface area (Å²) < 4.78 is 27.1. The van der Waals surface area contributed by atoms with Crippen LogP contribution in [0.3, 0.4) is 0 Å². The van der Waals surface area contributed by atoms with Gasteiger partial charge in [0, 0.05) is 17.8 Å². The van der Waals surface area contributed by atoms with Crippen molar-refractivity contribution in [1.82, 2.24) is 0 Å². The number of hydrogen-bond donors (Lipinski definition) is 1. The maximum absolute atomic E-state index is 12.3. The van der Waals surface area contributed by atoms with E-state index in [-0.39, 0.29) is 10.6 Å². The van der Waals surface area contributed by atoms with Crippen LogP contribution in [0.2, 0.25) is 0 Å². The topological polar surface area (TPSA) is 89.3 Å². The highest BCUT2D eigenvalue weighted by atomic mass is 32.2. The second kappa shape index (κ2) is 6.78. The lowest BCUT2D eigenvalue weighted by Gasteiger charge is -2.11. The monoisotopic (exact) mass is 334 g/mol. The van der Waals surface area contributed by atoms with E-state index in [9.17, 15) is 18.5 Å². The van der Waals surface area contributed by atoms with Gasteiger partial charge < -0.3 is 0 Å². The largest absolute Gasteiger partial charge is 0.280 e. The van der Waals surface area contributed by atoms with Crippen molar-refractivity contribution in [3.05, 3.63) is 64.2 Å². The summed E-state index contributed by atoms with van der Waals surface area (Å²) in [7, 11) is -3.86. The van der Waals surface area contributed by atoms with Crippen molar-refractivity contribution < 1.29 is 13.3 Å². The molecule has 0 saturated heterocycles. The standard InChI is InChI=1S/C16H18N2O4S/c1-3-12(2)13-7-9-14(10-8-13)17-23(21,22)16-6-4-5-15(11-16)18(19)20/h4-12,17H,3H2,1-2H3/t12-/m0/s1. The molecule has 0 aliphatic heterocycles. The van der Waals surface area contributed by atoms with Gasteiger partial charge in [0.25, 0.3) is 15.7 Å². The third-order valence-electron chi connectivity index (χ3n) is 3.68. The van der Waals surface area contributed by atoms with Crippen molar-refractivity contribution in [3.8, 4) is 0 Å². The van der Waals surface area contributed by atoms with E-state index in [2.05, 4.69) is 18.6 Å². The van der Waals surface area contributed by atoms with Crippen LogP contribution < -0.4 is 4.72 Å². The first-order valence-corrected chi connectivity index (χ1v) is 8.69. The number of nitrogens with one attached hydrogen (secondary N) is 1. The minimum absolute atomic E-state index is 0.141. The van der Waals surface area contributed by atoms with E-state index in [0.717, 1.165) is 18.1 Å². The number of nitro benzene ring substituents is 1. The molecule has 2 aromatic carbocycles. The molecule has 23 heavy (non-hydrogen) atoms. The summed E-state index contributed by atoms with van der Waals surface area (Å²) in [5, 5.41) is 10.8. The summed E-state index contributed by atoms with van der Waals surface area (Å²) >= 11 is 0. The third kappa shape index (κ3) is 4.07. The first kappa shape index (κ1) is 17.0. The Morgan fingerprint density at radius 2 is 1.83 bits per heavy atom. The molecule has 7 heteroatoms. The number of nitro groups is 1. The van der Waals surface area contributed by atoms with Crippen molar-refractivity contribution in [2.24, 2.45) is 0 Å². The fourth-order valence-corrected chi connectivity index (χ4v) is 3.19. The van der Waals surface area contributed by atoms with Crippen LogP contribution in [0.25, 0.3) is 0 Å². The molecule has 0 aliphatic carbocycles. The van der Waals surface area contributed by atoms with Gasteiger partial charge in [-0.1, -0.05) is 32.0 Å². The van der Waals surface area contributed by atoms with Gasteiger partial charge in [0.05, 0.1) is 9.82 Å². The Morgan fingerprint density at radius 3 is 2.39 bits per heavy atom. The van der Waals surface area contributed by atoms with E-state index >= 15 is 0 Å². The summed E-state index contributed by atoms with van der Waals surface area (Å²) in [4.78, 5) is 9.99. The molecule has 0 radical (unpaired) electrons. The van der Waals surface area contributed by atoms with E-state index in [1.165, 1.54) is 18.2 Å². The van der Waals surface area contributed by atoms with E-state index in [4.69, 9.17) is 0 Å². The molecule has 0 aromatic heterocycles. The summed E-state index contributed by atoms with van der Waals surface area (Å²) in [6, 6.07) is 12.1.